The van der Waals surface area contributed by atoms with Crippen LogP contribution in [0.1, 0.15) is 19.3 Å². The van der Waals surface area contributed by atoms with Gasteiger partial charge in [0.05, 0.1) is 5.41 Å². The third-order valence-corrected chi connectivity index (χ3v) is 4.38. The first-order valence-corrected chi connectivity index (χ1v) is 7.89. The molecular formula is C17H24FNO4. The van der Waals surface area contributed by atoms with Crippen LogP contribution in [-0.2, 0) is 9.53 Å². The van der Waals surface area contributed by atoms with Crippen molar-refractivity contribution in [3.8, 4) is 5.75 Å². The van der Waals surface area contributed by atoms with Crippen LogP contribution >= 0.6 is 0 Å². The van der Waals surface area contributed by atoms with Crippen LogP contribution in [0.2, 0.25) is 0 Å². The van der Waals surface area contributed by atoms with Gasteiger partial charge in [-0.1, -0.05) is 0 Å². The molecule has 0 bridgehead atoms. The van der Waals surface area contributed by atoms with E-state index < -0.39 is 11.4 Å². The number of likely N-dealkylation sites (tertiary alicyclic amines) is 1. The average Bonchev–Trinajstić information content (AvgIpc) is 2.55. The molecule has 1 aromatic rings. The molecule has 2 rings (SSSR count). The van der Waals surface area contributed by atoms with E-state index in [1.165, 1.54) is 12.1 Å². The number of hydrogen-bond acceptors (Lipinski definition) is 4. The lowest BCUT2D eigenvalue weighted by Crippen LogP contribution is -2.49. The van der Waals surface area contributed by atoms with Crippen LogP contribution in [0.4, 0.5) is 4.39 Å². The Morgan fingerprint density at radius 2 is 2.09 bits per heavy atom. The van der Waals surface area contributed by atoms with Crippen molar-refractivity contribution in [1.29, 1.82) is 0 Å². The number of rotatable bonds is 8. The van der Waals surface area contributed by atoms with Gasteiger partial charge < -0.3 is 14.6 Å². The molecular weight excluding hydrogens is 301 g/mol. The molecule has 0 unspecified atom stereocenters. The van der Waals surface area contributed by atoms with Gasteiger partial charge in [0.25, 0.3) is 0 Å². The van der Waals surface area contributed by atoms with E-state index in [1.807, 2.05) is 0 Å². The molecule has 0 aromatic heterocycles. The number of ether oxygens (including phenoxy) is 2. The molecule has 23 heavy (non-hydrogen) atoms. The molecule has 1 saturated heterocycles. The average molecular weight is 325 g/mol. The largest absolute Gasteiger partial charge is 0.492 e. The Morgan fingerprint density at radius 3 is 2.74 bits per heavy atom. The van der Waals surface area contributed by atoms with E-state index in [4.69, 9.17) is 9.47 Å². The summed E-state index contributed by atoms with van der Waals surface area (Å²) in [5.74, 6) is -0.427. The summed E-state index contributed by atoms with van der Waals surface area (Å²) in [4.78, 5) is 13.8. The van der Waals surface area contributed by atoms with Gasteiger partial charge in [-0.2, -0.15) is 0 Å². The number of carboxylic acid groups (broad SMARTS) is 1. The third kappa shape index (κ3) is 4.91. The van der Waals surface area contributed by atoms with E-state index in [9.17, 15) is 14.3 Å². The number of carboxylic acids is 1. The quantitative estimate of drug-likeness (QED) is 0.795. The first-order valence-electron chi connectivity index (χ1n) is 7.89. The van der Waals surface area contributed by atoms with Gasteiger partial charge in [-0.05, 0) is 50.1 Å². The van der Waals surface area contributed by atoms with E-state index in [-0.39, 0.29) is 5.82 Å². The minimum Gasteiger partial charge on any atom is -0.492 e. The highest BCUT2D eigenvalue weighted by Crippen LogP contribution is 2.33. The van der Waals surface area contributed by atoms with E-state index in [0.29, 0.717) is 44.9 Å². The van der Waals surface area contributed by atoms with Crippen molar-refractivity contribution in [1.82, 2.24) is 4.90 Å². The van der Waals surface area contributed by atoms with Crippen LogP contribution in [0.3, 0.4) is 0 Å². The summed E-state index contributed by atoms with van der Waals surface area (Å²) in [5, 5.41) is 9.61. The van der Waals surface area contributed by atoms with Gasteiger partial charge >= 0.3 is 5.97 Å². The van der Waals surface area contributed by atoms with Gasteiger partial charge in [0.1, 0.15) is 18.2 Å². The molecule has 1 atom stereocenters. The third-order valence-electron chi connectivity index (χ3n) is 4.38. The number of nitrogens with zero attached hydrogens (tertiary/aromatic N) is 1. The lowest BCUT2D eigenvalue weighted by molar-refractivity contribution is -0.154. The van der Waals surface area contributed by atoms with E-state index in [0.717, 1.165) is 13.0 Å². The molecule has 0 spiro atoms. The maximum Gasteiger partial charge on any atom is 0.311 e. The van der Waals surface area contributed by atoms with Crippen molar-refractivity contribution >= 4 is 5.97 Å². The lowest BCUT2D eigenvalue weighted by atomic mass is 9.77. The highest BCUT2D eigenvalue weighted by atomic mass is 19.1. The van der Waals surface area contributed by atoms with Crippen molar-refractivity contribution in [3.63, 3.8) is 0 Å². The number of carbonyl (C=O) groups is 1. The Balaban J connectivity index is 1.85. The summed E-state index contributed by atoms with van der Waals surface area (Å²) in [7, 11) is 1.59. The summed E-state index contributed by atoms with van der Waals surface area (Å²) in [6.45, 7) is 2.93. The molecule has 1 fully saturated rings. The molecule has 1 N–H and O–H groups in total. The fourth-order valence-corrected chi connectivity index (χ4v) is 3.02. The van der Waals surface area contributed by atoms with Gasteiger partial charge in [0, 0.05) is 26.8 Å². The number of benzene rings is 1. The van der Waals surface area contributed by atoms with E-state index in [2.05, 4.69) is 4.90 Å². The number of aliphatic carboxylic acids is 1. The van der Waals surface area contributed by atoms with Crippen molar-refractivity contribution < 1.29 is 23.8 Å². The van der Waals surface area contributed by atoms with Gasteiger partial charge in [0.15, 0.2) is 0 Å². The topological polar surface area (TPSA) is 59.0 Å². The summed E-state index contributed by atoms with van der Waals surface area (Å²) >= 11 is 0. The molecule has 1 aromatic carbocycles. The molecule has 128 valence electrons. The maximum absolute atomic E-state index is 12.8. The van der Waals surface area contributed by atoms with Crippen LogP contribution in [0.15, 0.2) is 24.3 Å². The standard InChI is InChI=1S/C17H24FNO4/c1-22-11-8-17(16(20)21)7-2-9-19(13-17)10-12-23-15-5-3-14(18)4-6-15/h3-6H,2,7-13H2,1H3,(H,20,21)/t17-/m0/s1. The van der Waals surface area contributed by atoms with Gasteiger partial charge in [-0.25, -0.2) is 4.39 Å². The molecule has 0 amide bonds. The second-order valence-corrected chi connectivity index (χ2v) is 6.01. The Hall–Kier alpha value is -1.66. The predicted octanol–water partition coefficient (Wildman–Crippen LogP) is 2.41. The second kappa shape index (κ2) is 8.26. The van der Waals surface area contributed by atoms with Crippen molar-refractivity contribution in [3.05, 3.63) is 30.1 Å². The normalized spacial score (nSPS) is 22.0. The number of hydrogen-bond donors (Lipinski definition) is 1. The van der Waals surface area contributed by atoms with Crippen LogP contribution in [0, 0.1) is 11.2 Å². The molecule has 1 aliphatic rings. The Kier molecular flexibility index (Phi) is 6.36. The monoisotopic (exact) mass is 325 g/mol. The predicted molar refractivity (Wildman–Crippen MR) is 84.1 cm³/mol. The highest BCUT2D eigenvalue weighted by molar-refractivity contribution is 5.75. The molecule has 0 radical (unpaired) electrons. The Morgan fingerprint density at radius 1 is 1.35 bits per heavy atom. The molecule has 0 saturated carbocycles. The number of piperidine rings is 1. The second-order valence-electron chi connectivity index (χ2n) is 6.01. The van der Waals surface area contributed by atoms with Gasteiger partial charge in [-0.15, -0.1) is 0 Å². The molecule has 6 heteroatoms. The zero-order valence-electron chi connectivity index (χ0n) is 13.5. The van der Waals surface area contributed by atoms with E-state index >= 15 is 0 Å². The Labute approximate surface area is 136 Å². The zero-order chi connectivity index (χ0) is 16.7. The molecule has 5 nitrogen and oxygen atoms in total. The summed E-state index contributed by atoms with van der Waals surface area (Å²) in [5.41, 5.74) is -0.732. The van der Waals surface area contributed by atoms with Crippen molar-refractivity contribution in [2.24, 2.45) is 5.41 Å². The first-order chi connectivity index (χ1) is 11.1. The van der Waals surface area contributed by atoms with Crippen LogP contribution in [0.5, 0.6) is 5.75 Å². The minimum absolute atomic E-state index is 0.294. The summed E-state index contributed by atoms with van der Waals surface area (Å²) < 4.78 is 23.5. The van der Waals surface area contributed by atoms with Crippen molar-refractivity contribution in [2.75, 3.05) is 40.0 Å². The van der Waals surface area contributed by atoms with Crippen LogP contribution in [-0.4, -0.2) is 55.9 Å². The molecule has 0 aliphatic carbocycles. The molecule has 1 aliphatic heterocycles. The van der Waals surface area contributed by atoms with Gasteiger partial charge in [-0.3, -0.25) is 9.69 Å². The fourth-order valence-electron chi connectivity index (χ4n) is 3.02. The van der Waals surface area contributed by atoms with Crippen LogP contribution < -0.4 is 4.74 Å². The smallest absolute Gasteiger partial charge is 0.311 e. The fraction of sp³-hybridized carbons (Fsp3) is 0.588. The van der Waals surface area contributed by atoms with Crippen LogP contribution in [0.25, 0.3) is 0 Å². The lowest BCUT2D eigenvalue weighted by Gasteiger charge is -2.39. The molecule has 1 heterocycles. The number of methoxy groups -OCH3 is 1. The summed E-state index contributed by atoms with van der Waals surface area (Å²) in [6.07, 6.45) is 2.06. The summed E-state index contributed by atoms with van der Waals surface area (Å²) in [6, 6.07) is 5.89. The first kappa shape index (κ1) is 17.7. The SMILES string of the molecule is COCC[C@@]1(C(=O)O)CCCN(CCOc2ccc(F)cc2)C1. The van der Waals surface area contributed by atoms with Crippen molar-refractivity contribution in [2.45, 2.75) is 19.3 Å². The zero-order valence-corrected chi connectivity index (χ0v) is 13.5. The maximum atomic E-state index is 12.8. The highest BCUT2D eigenvalue weighted by Gasteiger charge is 2.41. The van der Waals surface area contributed by atoms with Gasteiger partial charge in [0.2, 0.25) is 0 Å². The Bertz CT molecular complexity index is 508. The number of halogens is 1. The minimum atomic E-state index is -0.751. The van der Waals surface area contributed by atoms with E-state index in [1.54, 1.807) is 19.2 Å².